The van der Waals surface area contributed by atoms with Gasteiger partial charge < -0.3 is 19.8 Å². The fraction of sp³-hybridized carbons (Fsp3) is 0.0833. The zero-order valence-electron chi connectivity index (χ0n) is 16.5. The third-order valence-electron chi connectivity index (χ3n) is 4.47. The number of carbonyl (C=O) groups excluding carboxylic acids is 2. The summed E-state index contributed by atoms with van der Waals surface area (Å²) >= 11 is 1.59. The van der Waals surface area contributed by atoms with Gasteiger partial charge in [0.2, 0.25) is 0 Å². The summed E-state index contributed by atoms with van der Waals surface area (Å²) in [5.41, 5.74) is 1.54. The molecule has 0 saturated heterocycles. The fourth-order valence-electron chi connectivity index (χ4n) is 3.04. The first-order valence-electron chi connectivity index (χ1n) is 9.64. The summed E-state index contributed by atoms with van der Waals surface area (Å²) in [5.74, 6) is 0.0832. The van der Waals surface area contributed by atoms with Crippen LogP contribution in [0.4, 0.5) is 5.69 Å². The van der Waals surface area contributed by atoms with Gasteiger partial charge in [0.1, 0.15) is 5.75 Å². The first-order chi connectivity index (χ1) is 15.2. The number of carbonyl (C=O) groups is 2. The maximum atomic E-state index is 12.6. The van der Waals surface area contributed by atoms with Crippen molar-refractivity contribution in [1.29, 1.82) is 0 Å². The van der Waals surface area contributed by atoms with E-state index in [1.807, 2.05) is 47.8 Å². The predicted octanol–water partition coefficient (Wildman–Crippen LogP) is 4.88. The lowest BCUT2D eigenvalue weighted by molar-refractivity contribution is -0.123. The smallest absolute Gasteiger partial charge is 0.291 e. The Morgan fingerprint density at radius 3 is 2.58 bits per heavy atom. The lowest BCUT2D eigenvalue weighted by Gasteiger charge is -2.18. The van der Waals surface area contributed by atoms with Gasteiger partial charge in [0.05, 0.1) is 12.3 Å². The molecule has 6 nitrogen and oxygen atoms in total. The molecule has 0 saturated carbocycles. The number of hydrogen-bond donors (Lipinski definition) is 2. The van der Waals surface area contributed by atoms with Crippen molar-refractivity contribution >= 4 is 28.8 Å². The van der Waals surface area contributed by atoms with E-state index in [-0.39, 0.29) is 30.2 Å². The molecule has 2 aromatic carbocycles. The van der Waals surface area contributed by atoms with Crippen molar-refractivity contribution < 1.29 is 18.7 Å². The lowest BCUT2D eigenvalue weighted by Crippen LogP contribution is -2.32. The molecule has 2 heterocycles. The molecule has 4 rings (SSSR count). The summed E-state index contributed by atoms with van der Waals surface area (Å²) in [6, 6.07) is 23.6. The normalized spacial score (nSPS) is 11.5. The summed E-state index contributed by atoms with van der Waals surface area (Å²) < 4.78 is 10.7. The highest BCUT2D eigenvalue weighted by Gasteiger charge is 2.18. The standard InChI is InChI=1S/C24H20N2O4S/c27-22(26-23(21-12-6-14-31-21)17-7-2-1-3-8-17)16-30-19-10-4-9-18(15-19)25-24(28)20-11-5-13-29-20/h1-15,23H,16H2,(H,25,28)(H,26,27). The molecule has 0 aliphatic heterocycles. The molecule has 156 valence electrons. The topological polar surface area (TPSA) is 80.6 Å². The molecule has 0 spiro atoms. The Kier molecular flexibility index (Phi) is 6.44. The largest absolute Gasteiger partial charge is 0.484 e. The molecular formula is C24H20N2O4S. The van der Waals surface area contributed by atoms with Crippen LogP contribution in [0.15, 0.2) is 94.9 Å². The van der Waals surface area contributed by atoms with Crippen molar-refractivity contribution in [3.05, 3.63) is 107 Å². The molecule has 2 N–H and O–H groups in total. The summed E-state index contributed by atoms with van der Waals surface area (Å²) in [7, 11) is 0. The Balaban J connectivity index is 1.37. The Labute approximate surface area is 183 Å². The molecule has 4 aromatic rings. The van der Waals surface area contributed by atoms with Gasteiger partial charge in [-0.3, -0.25) is 9.59 Å². The van der Waals surface area contributed by atoms with E-state index in [4.69, 9.17) is 9.15 Å². The number of nitrogens with one attached hydrogen (secondary N) is 2. The van der Waals surface area contributed by atoms with Gasteiger partial charge in [0.25, 0.3) is 11.8 Å². The molecule has 0 aliphatic carbocycles. The number of hydrogen-bond acceptors (Lipinski definition) is 5. The quantitative estimate of drug-likeness (QED) is 0.416. The van der Waals surface area contributed by atoms with E-state index in [9.17, 15) is 9.59 Å². The van der Waals surface area contributed by atoms with Gasteiger partial charge >= 0.3 is 0 Å². The van der Waals surface area contributed by atoms with Gasteiger partial charge in [0.15, 0.2) is 12.4 Å². The van der Waals surface area contributed by atoms with Gasteiger partial charge in [-0.05, 0) is 41.3 Å². The van der Waals surface area contributed by atoms with Crippen LogP contribution in [0.25, 0.3) is 0 Å². The summed E-state index contributed by atoms with van der Waals surface area (Å²) in [6.45, 7) is -0.149. The van der Waals surface area contributed by atoms with Gasteiger partial charge in [-0.15, -0.1) is 11.3 Å². The van der Waals surface area contributed by atoms with E-state index in [0.29, 0.717) is 11.4 Å². The van der Waals surface area contributed by atoms with Crippen LogP contribution in [0.1, 0.15) is 27.0 Å². The van der Waals surface area contributed by atoms with Crippen LogP contribution in [0.2, 0.25) is 0 Å². The van der Waals surface area contributed by atoms with E-state index in [2.05, 4.69) is 10.6 Å². The van der Waals surface area contributed by atoms with Crippen LogP contribution in [-0.4, -0.2) is 18.4 Å². The maximum Gasteiger partial charge on any atom is 0.291 e. The van der Waals surface area contributed by atoms with Gasteiger partial charge in [-0.1, -0.05) is 42.5 Å². The van der Waals surface area contributed by atoms with Gasteiger partial charge in [0, 0.05) is 16.6 Å². The third-order valence-corrected chi connectivity index (χ3v) is 5.41. The number of furan rings is 1. The molecule has 0 radical (unpaired) electrons. The minimum Gasteiger partial charge on any atom is -0.484 e. The Morgan fingerprint density at radius 2 is 1.84 bits per heavy atom. The molecule has 1 atom stereocenters. The van der Waals surface area contributed by atoms with E-state index < -0.39 is 0 Å². The van der Waals surface area contributed by atoms with E-state index in [0.717, 1.165) is 10.4 Å². The highest BCUT2D eigenvalue weighted by atomic mass is 32.1. The molecule has 0 fully saturated rings. The number of anilines is 1. The van der Waals surface area contributed by atoms with Crippen LogP contribution in [0.5, 0.6) is 5.75 Å². The molecule has 0 bridgehead atoms. The Bertz CT molecular complexity index is 1130. The van der Waals surface area contributed by atoms with Crippen LogP contribution >= 0.6 is 11.3 Å². The van der Waals surface area contributed by atoms with Gasteiger partial charge in [-0.25, -0.2) is 0 Å². The monoisotopic (exact) mass is 432 g/mol. The van der Waals surface area contributed by atoms with E-state index in [1.54, 1.807) is 47.7 Å². The number of benzene rings is 2. The molecule has 0 aliphatic rings. The highest BCUT2D eigenvalue weighted by molar-refractivity contribution is 7.10. The first kappa shape index (κ1) is 20.4. The summed E-state index contributed by atoms with van der Waals surface area (Å²) in [4.78, 5) is 25.8. The zero-order valence-corrected chi connectivity index (χ0v) is 17.3. The Morgan fingerprint density at radius 1 is 0.968 bits per heavy atom. The minimum absolute atomic E-state index is 0.149. The molecule has 2 aromatic heterocycles. The number of thiophene rings is 1. The van der Waals surface area contributed by atoms with Crippen molar-refractivity contribution in [1.82, 2.24) is 5.32 Å². The number of rotatable bonds is 8. The van der Waals surface area contributed by atoms with Crippen molar-refractivity contribution in [3.63, 3.8) is 0 Å². The van der Waals surface area contributed by atoms with Crippen molar-refractivity contribution in [3.8, 4) is 5.75 Å². The Hall–Kier alpha value is -3.84. The molecule has 7 heteroatoms. The summed E-state index contributed by atoms with van der Waals surface area (Å²) in [5, 5.41) is 7.75. The number of ether oxygens (including phenoxy) is 1. The van der Waals surface area contributed by atoms with Crippen LogP contribution in [0, 0.1) is 0 Å². The summed E-state index contributed by atoms with van der Waals surface area (Å²) in [6.07, 6.45) is 1.44. The molecular weight excluding hydrogens is 412 g/mol. The first-order valence-corrected chi connectivity index (χ1v) is 10.5. The van der Waals surface area contributed by atoms with Crippen LogP contribution < -0.4 is 15.4 Å². The molecule has 2 amide bonds. The van der Waals surface area contributed by atoms with Crippen molar-refractivity contribution in [2.75, 3.05) is 11.9 Å². The second kappa shape index (κ2) is 9.77. The maximum absolute atomic E-state index is 12.6. The van der Waals surface area contributed by atoms with E-state index >= 15 is 0 Å². The SMILES string of the molecule is O=C(COc1cccc(NC(=O)c2ccco2)c1)NC(c1ccccc1)c1cccs1. The second-order valence-electron chi connectivity index (χ2n) is 6.67. The van der Waals surface area contributed by atoms with Crippen molar-refractivity contribution in [2.24, 2.45) is 0 Å². The third kappa shape index (κ3) is 5.40. The van der Waals surface area contributed by atoms with Crippen molar-refractivity contribution in [2.45, 2.75) is 6.04 Å². The average molecular weight is 433 g/mol. The molecule has 1 unspecified atom stereocenters. The van der Waals surface area contributed by atoms with Gasteiger partial charge in [-0.2, -0.15) is 0 Å². The molecule has 31 heavy (non-hydrogen) atoms. The minimum atomic E-state index is -0.360. The second-order valence-corrected chi connectivity index (χ2v) is 7.65. The predicted molar refractivity (Wildman–Crippen MR) is 119 cm³/mol. The highest BCUT2D eigenvalue weighted by Crippen LogP contribution is 2.26. The number of amides is 2. The van der Waals surface area contributed by atoms with Crippen LogP contribution in [-0.2, 0) is 4.79 Å². The van der Waals surface area contributed by atoms with Crippen LogP contribution in [0.3, 0.4) is 0 Å². The zero-order chi connectivity index (χ0) is 21.5. The fourth-order valence-corrected chi connectivity index (χ4v) is 3.84. The lowest BCUT2D eigenvalue weighted by atomic mass is 10.1. The van der Waals surface area contributed by atoms with E-state index in [1.165, 1.54) is 6.26 Å². The average Bonchev–Trinajstić information content (AvgIpc) is 3.51.